The predicted molar refractivity (Wildman–Crippen MR) is 126 cm³/mol. The Hall–Kier alpha value is -1.14. The number of carbonyl (C=O) groups is 2. The van der Waals surface area contributed by atoms with Crippen molar-refractivity contribution < 1.29 is 29.6 Å². The summed E-state index contributed by atoms with van der Waals surface area (Å²) >= 11 is 0. The van der Waals surface area contributed by atoms with Gasteiger partial charge in [0.1, 0.15) is 12.2 Å². The lowest BCUT2D eigenvalue weighted by molar-refractivity contribution is -0.168. The van der Waals surface area contributed by atoms with Crippen LogP contribution in [-0.4, -0.2) is 45.1 Å². The van der Waals surface area contributed by atoms with E-state index in [1.807, 2.05) is 0 Å². The zero-order valence-electron chi connectivity index (χ0n) is 21.5. The first-order chi connectivity index (χ1) is 14.7. The van der Waals surface area contributed by atoms with Gasteiger partial charge in [-0.05, 0) is 75.0 Å². The van der Waals surface area contributed by atoms with Crippen molar-refractivity contribution in [1.29, 1.82) is 0 Å². The fourth-order valence-electron chi connectivity index (χ4n) is 5.51. The number of rotatable bonds is 6. The largest absolute Gasteiger partial charge is 0.479 e. The summed E-state index contributed by atoms with van der Waals surface area (Å²) < 4.78 is 5.41. The molecule has 0 aromatic heterocycles. The van der Waals surface area contributed by atoms with E-state index in [4.69, 9.17) is 14.9 Å². The Labute approximate surface area is 195 Å². The molecule has 2 aliphatic rings. The molecular weight excluding hydrogens is 408 g/mol. The molecule has 0 spiro atoms. The molecule has 8 unspecified atom stereocenters. The molecule has 6 heteroatoms. The van der Waals surface area contributed by atoms with Gasteiger partial charge >= 0.3 is 11.9 Å². The highest BCUT2D eigenvalue weighted by atomic mass is 16.6. The molecule has 2 fully saturated rings. The Morgan fingerprint density at radius 1 is 0.875 bits per heavy atom. The average Bonchev–Trinajstić information content (AvgIpc) is 2.67. The number of aliphatic hydroxyl groups is 2. The number of hydrogen-bond acceptors (Lipinski definition) is 5. The van der Waals surface area contributed by atoms with E-state index >= 15 is 0 Å². The zero-order chi connectivity index (χ0) is 24.8. The van der Waals surface area contributed by atoms with Crippen molar-refractivity contribution >= 4 is 11.9 Å². The monoisotopic (exact) mass is 456 g/mol. The van der Waals surface area contributed by atoms with Crippen molar-refractivity contribution in [2.75, 3.05) is 0 Å². The fraction of sp³-hybridized carbons (Fsp3) is 0.923. The lowest BCUT2D eigenvalue weighted by atomic mass is 9.64. The molecule has 2 saturated carbocycles. The summed E-state index contributed by atoms with van der Waals surface area (Å²) in [7, 11) is 0. The van der Waals surface area contributed by atoms with Gasteiger partial charge in [-0.2, -0.15) is 0 Å². The summed E-state index contributed by atoms with van der Waals surface area (Å²) in [5.74, 6) is 1.17. The standard InChI is InChI=1S/2C13H24O3/c1-8(2)10-6-5-9(3)7-11(10)13(4,16)12(14)15;1-8(2)11-6-5-9(3)7-12(11)16-13(15)10(4)14/h8-11,16H,5-7H2,1-4H3,(H,14,15);8-12,14H,5-7H2,1-4H3. The predicted octanol–water partition coefficient (Wildman–Crippen LogP) is 4.90. The molecule has 0 heterocycles. The van der Waals surface area contributed by atoms with Gasteiger partial charge in [0.05, 0.1) is 0 Å². The van der Waals surface area contributed by atoms with Crippen LogP contribution in [0.5, 0.6) is 0 Å². The third kappa shape index (κ3) is 8.02. The minimum absolute atomic E-state index is 0.00847. The number of aliphatic carboxylic acids is 1. The maximum atomic E-state index is 11.4. The quantitative estimate of drug-likeness (QED) is 0.491. The van der Waals surface area contributed by atoms with Gasteiger partial charge in [0.2, 0.25) is 0 Å². The van der Waals surface area contributed by atoms with E-state index in [0.29, 0.717) is 35.5 Å². The minimum Gasteiger partial charge on any atom is -0.479 e. The molecule has 0 aromatic rings. The zero-order valence-corrected chi connectivity index (χ0v) is 21.5. The van der Waals surface area contributed by atoms with E-state index < -0.39 is 23.6 Å². The molecule has 188 valence electrons. The second-order valence-electron chi connectivity index (χ2n) is 11.4. The van der Waals surface area contributed by atoms with Gasteiger partial charge in [0.25, 0.3) is 0 Å². The van der Waals surface area contributed by atoms with Crippen LogP contribution in [0, 0.1) is 41.4 Å². The van der Waals surface area contributed by atoms with Gasteiger partial charge in [-0.25, -0.2) is 9.59 Å². The molecule has 3 N–H and O–H groups in total. The van der Waals surface area contributed by atoms with Crippen LogP contribution in [0.4, 0.5) is 0 Å². The van der Waals surface area contributed by atoms with E-state index in [0.717, 1.165) is 32.1 Å². The van der Waals surface area contributed by atoms with Crippen LogP contribution >= 0.6 is 0 Å². The normalized spacial score (nSPS) is 33.6. The molecule has 6 nitrogen and oxygen atoms in total. The first-order valence-electron chi connectivity index (χ1n) is 12.5. The average molecular weight is 457 g/mol. The smallest absolute Gasteiger partial charge is 0.335 e. The third-order valence-corrected chi connectivity index (χ3v) is 7.75. The maximum absolute atomic E-state index is 11.4. The summed E-state index contributed by atoms with van der Waals surface area (Å²) in [6.07, 6.45) is 5.25. The van der Waals surface area contributed by atoms with E-state index in [9.17, 15) is 14.7 Å². The first-order valence-corrected chi connectivity index (χ1v) is 12.5. The van der Waals surface area contributed by atoms with Crippen LogP contribution < -0.4 is 0 Å². The highest BCUT2D eigenvalue weighted by Crippen LogP contribution is 2.43. The lowest BCUT2D eigenvalue weighted by Gasteiger charge is -2.43. The lowest BCUT2D eigenvalue weighted by Crippen LogP contribution is -2.49. The van der Waals surface area contributed by atoms with Gasteiger partial charge < -0.3 is 20.1 Å². The second-order valence-corrected chi connectivity index (χ2v) is 11.4. The van der Waals surface area contributed by atoms with Gasteiger partial charge in [0, 0.05) is 5.92 Å². The van der Waals surface area contributed by atoms with E-state index in [1.165, 1.54) is 20.3 Å². The molecule has 0 aliphatic heterocycles. The molecule has 0 saturated heterocycles. The van der Waals surface area contributed by atoms with Crippen molar-refractivity contribution in [1.82, 2.24) is 0 Å². The molecule has 32 heavy (non-hydrogen) atoms. The Balaban J connectivity index is 0.000000320. The van der Waals surface area contributed by atoms with Crippen molar-refractivity contribution in [3.63, 3.8) is 0 Å². The topological polar surface area (TPSA) is 104 Å². The van der Waals surface area contributed by atoms with Crippen LogP contribution in [-0.2, 0) is 14.3 Å². The number of esters is 1. The van der Waals surface area contributed by atoms with Crippen LogP contribution in [0.2, 0.25) is 0 Å². The number of ether oxygens (including phenoxy) is 1. The SMILES string of the molecule is CC1CCC(C(C)C)C(C(C)(O)C(=O)O)C1.CC1CCC(C(C)C)C(OC(=O)C(C)O)C1. The van der Waals surface area contributed by atoms with Gasteiger partial charge in [0.15, 0.2) is 5.60 Å². The molecular formula is C26H48O6. The Kier molecular flexibility index (Phi) is 11.2. The van der Waals surface area contributed by atoms with Crippen molar-refractivity contribution in [3.05, 3.63) is 0 Å². The highest BCUT2D eigenvalue weighted by molar-refractivity contribution is 5.77. The van der Waals surface area contributed by atoms with Gasteiger partial charge in [-0.3, -0.25) is 0 Å². The fourth-order valence-corrected chi connectivity index (χ4v) is 5.51. The Morgan fingerprint density at radius 2 is 1.34 bits per heavy atom. The molecule has 0 amide bonds. The molecule has 0 aromatic carbocycles. The maximum Gasteiger partial charge on any atom is 0.335 e. The van der Waals surface area contributed by atoms with E-state index in [2.05, 4.69) is 41.5 Å². The van der Waals surface area contributed by atoms with E-state index in [-0.39, 0.29) is 12.0 Å². The van der Waals surface area contributed by atoms with Crippen molar-refractivity contribution in [2.24, 2.45) is 41.4 Å². The van der Waals surface area contributed by atoms with Gasteiger partial charge in [-0.15, -0.1) is 0 Å². The van der Waals surface area contributed by atoms with Gasteiger partial charge in [-0.1, -0.05) is 54.4 Å². The molecule has 0 bridgehead atoms. The minimum atomic E-state index is -1.58. The summed E-state index contributed by atoms with van der Waals surface area (Å²) in [5, 5.41) is 28.5. The Morgan fingerprint density at radius 3 is 1.78 bits per heavy atom. The van der Waals surface area contributed by atoms with Crippen LogP contribution in [0.15, 0.2) is 0 Å². The molecule has 2 rings (SSSR count). The highest BCUT2D eigenvalue weighted by Gasteiger charge is 2.46. The molecule has 2 aliphatic carbocycles. The number of carboxylic acid groups (broad SMARTS) is 1. The number of aliphatic hydroxyl groups excluding tert-OH is 1. The third-order valence-electron chi connectivity index (χ3n) is 7.75. The molecule has 0 radical (unpaired) electrons. The number of carboxylic acids is 1. The summed E-state index contributed by atoms with van der Waals surface area (Å²) in [6, 6.07) is 0. The first kappa shape index (κ1) is 28.9. The summed E-state index contributed by atoms with van der Waals surface area (Å²) in [5.41, 5.74) is -1.58. The molecule has 8 atom stereocenters. The number of hydrogen-bond donors (Lipinski definition) is 3. The number of carbonyl (C=O) groups excluding carboxylic acids is 1. The summed E-state index contributed by atoms with van der Waals surface area (Å²) in [6.45, 7) is 15.8. The van der Waals surface area contributed by atoms with Crippen LogP contribution in [0.3, 0.4) is 0 Å². The van der Waals surface area contributed by atoms with Crippen LogP contribution in [0.1, 0.15) is 93.9 Å². The van der Waals surface area contributed by atoms with E-state index in [1.54, 1.807) is 0 Å². The van der Waals surface area contributed by atoms with Crippen LogP contribution in [0.25, 0.3) is 0 Å². The second kappa shape index (κ2) is 12.4. The Bertz CT molecular complexity index is 595. The van der Waals surface area contributed by atoms with Crippen molar-refractivity contribution in [3.8, 4) is 0 Å². The van der Waals surface area contributed by atoms with Crippen molar-refractivity contribution in [2.45, 2.75) is 112 Å². The summed E-state index contributed by atoms with van der Waals surface area (Å²) in [4.78, 5) is 22.6.